The van der Waals surface area contributed by atoms with E-state index in [2.05, 4.69) is 77.2 Å². The van der Waals surface area contributed by atoms with Crippen LogP contribution < -0.4 is 5.32 Å². The molecule has 0 spiro atoms. The van der Waals surface area contributed by atoms with Crippen LogP contribution in [0, 0.1) is 19.3 Å². The molecule has 0 heterocycles. The van der Waals surface area contributed by atoms with E-state index in [0.717, 1.165) is 36.9 Å². The van der Waals surface area contributed by atoms with Crippen LogP contribution in [0.1, 0.15) is 101 Å². The zero-order valence-corrected chi connectivity index (χ0v) is 23.2. The fraction of sp³-hybridized carbons (Fsp3) is 0.548. The first-order chi connectivity index (χ1) is 16.8. The largest absolute Gasteiger partial charge is 0.481 e. The van der Waals surface area contributed by atoms with Gasteiger partial charge in [0.05, 0.1) is 6.10 Å². The molecule has 1 amide bonds. The zero-order chi connectivity index (χ0) is 27.1. The number of aliphatic hydroxyl groups excluding tert-OH is 1. The van der Waals surface area contributed by atoms with Crippen molar-refractivity contribution in [3.8, 4) is 0 Å². The average Bonchev–Trinajstić information content (AvgIpc) is 2.80. The number of carbonyl (C=O) groups excluding carboxylic acids is 1. The standard InChI is InChI=1S/C31H45NO4/c1-8-31(9-2,24-15-13-23(21(3)19-24)14-18-27(33)30(5,6)7)25-16-17-26(22(4)20-25)32-28(34)11-10-12-29(35)36/h13,15-17,19-20,27,33H,8-12,14,18H2,1-7H3,(H,32,34)(H,35,36). The minimum absolute atomic E-state index is 0.00373. The summed E-state index contributed by atoms with van der Waals surface area (Å²) in [5.74, 6) is -1.04. The fourth-order valence-electron chi connectivity index (χ4n) is 4.95. The molecule has 0 fully saturated rings. The van der Waals surface area contributed by atoms with Crippen LogP contribution in [0.2, 0.25) is 0 Å². The summed E-state index contributed by atoms with van der Waals surface area (Å²) in [6, 6.07) is 13.0. The topological polar surface area (TPSA) is 86.6 Å². The Morgan fingerprint density at radius 1 is 0.917 bits per heavy atom. The van der Waals surface area contributed by atoms with Gasteiger partial charge in [-0.15, -0.1) is 0 Å². The smallest absolute Gasteiger partial charge is 0.303 e. The Morgan fingerprint density at radius 3 is 2.00 bits per heavy atom. The average molecular weight is 496 g/mol. The molecule has 0 saturated carbocycles. The van der Waals surface area contributed by atoms with E-state index in [-0.39, 0.29) is 35.7 Å². The van der Waals surface area contributed by atoms with Crippen molar-refractivity contribution < 1.29 is 19.8 Å². The van der Waals surface area contributed by atoms with E-state index in [4.69, 9.17) is 5.11 Å². The number of aliphatic hydroxyl groups is 1. The van der Waals surface area contributed by atoms with Crippen LogP contribution in [-0.2, 0) is 21.4 Å². The molecule has 5 nitrogen and oxygen atoms in total. The van der Waals surface area contributed by atoms with Gasteiger partial charge in [-0.05, 0) is 85.3 Å². The first-order valence-corrected chi connectivity index (χ1v) is 13.2. The number of aliphatic carboxylic acids is 1. The Balaban J connectivity index is 2.26. The second-order valence-corrected chi connectivity index (χ2v) is 11.2. The normalized spacial score (nSPS) is 12.9. The van der Waals surface area contributed by atoms with Gasteiger partial charge in [0.15, 0.2) is 0 Å². The van der Waals surface area contributed by atoms with Gasteiger partial charge in [0.1, 0.15) is 0 Å². The van der Waals surface area contributed by atoms with Gasteiger partial charge < -0.3 is 15.5 Å². The molecule has 0 aliphatic carbocycles. The molecule has 3 N–H and O–H groups in total. The highest BCUT2D eigenvalue weighted by Gasteiger charge is 2.31. The highest BCUT2D eigenvalue weighted by molar-refractivity contribution is 5.91. The maximum atomic E-state index is 12.3. The van der Waals surface area contributed by atoms with Gasteiger partial charge in [-0.1, -0.05) is 65.0 Å². The van der Waals surface area contributed by atoms with E-state index in [1.807, 2.05) is 13.0 Å². The summed E-state index contributed by atoms with van der Waals surface area (Å²) in [5.41, 5.74) is 6.55. The number of carboxylic acid groups (broad SMARTS) is 1. The third-order valence-electron chi connectivity index (χ3n) is 7.64. The molecule has 0 bridgehead atoms. The Labute approximate surface area is 217 Å². The summed E-state index contributed by atoms with van der Waals surface area (Å²) in [6.07, 6.45) is 3.69. The summed E-state index contributed by atoms with van der Waals surface area (Å²) in [7, 11) is 0. The number of hydrogen-bond acceptors (Lipinski definition) is 3. The van der Waals surface area contributed by atoms with Gasteiger partial charge >= 0.3 is 5.97 Å². The van der Waals surface area contributed by atoms with Crippen LogP contribution in [0.15, 0.2) is 36.4 Å². The summed E-state index contributed by atoms with van der Waals surface area (Å²) in [6.45, 7) is 14.8. The van der Waals surface area contributed by atoms with Gasteiger partial charge in [0.2, 0.25) is 5.91 Å². The molecule has 1 unspecified atom stereocenters. The van der Waals surface area contributed by atoms with E-state index in [9.17, 15) is 14.7 Å². The summed E-state index contributed by atoms with van der Waals surface area (Å²) < 4.78 is 0. The van der Waals surface area contributed by atoms with E-state index in [1.165, 1.54) is 22.3 Å². The molecule has 0 saturated heterocycles. The lowest BCUT2D eigenvalue weighted by molar-refractivity contribution is -0.137. The van der Waals surface area contributed by atoms with E-state index in [1.54, 1.807) is 0 Å². The van der Waals surface area contributed by atoms with Crippen LogP contribution in [0.4, 0.5) is 5.69 Å². The second kappa shape index (κ2) is 12.5. The number of carbonyl (C=O) groups is 2. The number of carboxylic acids is 1. The fourth-order valence-corrected chi connectivity index (χ4v) is 4.95. The van der Waals surface area contributed by atoms with Crippen molar-refractivity contribution >= 4 is 17.6 Å². The molecule has 2 rings (SSSR count). The number of benzene rings is 2. The SMILES string of the molecule is CCC(CC)(c1ccc(CCC(O)C(C)(C)C)c(C)c1)c1ccc(NC(=O)CCCC(=O)O)c(C)c1. The molecule has 5 heteroatoms. The molecule has 0 aromatic heterocycles. The number of hydrogen-bond donors (Lipinski definition) is 3. The van der Waals surface area contributed by atoms with Crippen LogP contribution in [0.3, 0.4) is 0 Å². The van der Waals surface area contributed by atoms with Crippen LogP contribution in [0.5, 0.6) is 0 Å². The predicted octanol–water partition coefficient (Wildman–Crippen LogP) is 6.94. The number of nitrogens with one attached hydrogen (secondary N) is 1. The summed E-state index contributed by atoms with van der Waals surface area (Å²) in [4.78, 5) is 23.0. The molecule has 1 atom stereocenters. The van der Waals surface area contributed by atoms with E-state index >= 15 is 0 Å². The Kier molecular flexibility index (Phi) is 10.3. The Hall–Kier alpha value is -2.66. The first kappa shape index (κ1) is 29.6. The monoisotopic (exact) mass is 495 g/mol. The van der Waals surface area contributed by atoms with Gasteiger partial charge in [0.25, 0.3) is 0 Å². The van der Waals surface area contributed by atoms with E-state index < -0.39 is 5.97 Å². The molecular weight excluding hydrogens is 450 g/mol. The number of rotatable bonds is 12. The van der Waals surface area contributed by atoms with Crippen LogP contribution in [-0.4, -0.2) is 28.2 Å². The summed E-state index contributed by atoms with van der Waals surface area (Å²) in [5, 5.41) is 22.2. The minimum Gasteiger partial charge on any atom is -0.481 e. The van der Waals surface area contributed by atoms with Crippen molar-refractivity contribution in [3.63, 3.8) is 0 Å². The summed E-state index contributed by atoms with van der Waals surface area (Å²) >= 11 is 0. The molecule has 0 aliphatic heterocycles. The maximum absolute atomic E-state index is 12.3. The van der Waals surface area contributed by atoms with Crippen molar-refractivity contribution in [2.75, 3.05) is 5.32 Å². The maximum Gasteiger partial charge on any atom is 0.303 e. The molecule has 2 aromatic rings. The van der Waals surface area contributed by atoms with Crippen molar-refractivity contribution in [1.29, 1.82) is 0 Å². The van der Waals surface area contributed by atoms with Crippen molar-refractivity contribution in [3.05, 3.63) is 64.2 Å². The highest BCUT2D eigenvalue weighted by Crippen LogP contribution is 2.41. The Bertz CT molecular complexity index is 1050. The van der Waals surface area contributed by atoms with Crippen LogP contribution >= 0.6 is 0 Å². The zero-order valence-electron chi connectivity index (χ0n) is 23.2. The number of amides is 1. The number of anilines is 1. The lowest BCUT2D eigenvalue weighted by atomic mass is 9.69. The third-order valence-corrected chi connectivity index (χ3v) is 7.64. The van der Waals surface area contributed by atoms with Gasteiger partial charge in [0, 0.05) is 23.9 Å². The highest BCUT2D eigenvalue weighted by atomic mass is 16.4. The molecule has 0 aliphatic rings. The lowest BCUT2D eigenvalue weighted by Gasteiger charge is -2.34. The van der Waals surface area contributed by atoms with Crippen LogP contribution in [0.25, 0.3) is 0 Å². The van der Waals surface area contributed by atoms with E-state index in [0.29, 0.717) is 6.42 Å². The van der Waals surface area contributed by atoms with Gasteiger partial charge in [-0.2, -0.15) is 0 Å². The molecule has 36 heavy (non-hydrogen) atoms. The van der Waals surface area contributed by atoms with Crippen molar-refractivity contribution in [1.82, 2.24) is 0 Å². The number of aryl methyl sites for hydroxylation is 3. The minimum atomic E-state index is -0.885. The Morgan fingerprint density at radius 2 is 1.50 bits per heavy atom. The van der Waals surface area contributed by atoms with Crippen molar-refractivity contribution in [2.45, 2.75) is 105 Å². The predicted molar refractivity (Wildman–Crippen MR) is 148 cm³/mol. The molecule has 0 radical (unpaired) electrons. The first-order valence-electron chi connectivity index (χ1n) is 13.2. The molecule has 198 valence electrons. The second-order valence-electron chi connectivity index (χ2n) is 11.2. The van der Waals surface area contributed by atoms with Crippen molar-refractivity contribution in [2.24, 2.45) is 5.41 Å². The molecular formula is C31H45NO4. The van der Waals surface area contributed by atoms with Gasteiger partial charge in [-0.3, -0.25) is 9.59 Å². The molecule has 2 aromatic carbocycles. The lowest BCUT2D eigenvalue weighted by Crippen LogP contribution is -2.27. The third kappa shape index (κ3) is 7.42. The van der Waals surface area contributed by atoms with Gasteiger partial charge in [-0.25, -0.2) is 0 Å². The quantitative estimate of drug-likeness (QED) is 0.298.